The summed E-state index contributed by atoms with van der Waals surface area (Å²) in [6.45, 7) is 7.95. The van der Waals surface area contributed by atoms with Gasteiger partial charge in [0.15, 0.2) is 0 Å². The highest BCUT2D eigenvalue weighted by molar-refractivity contribution is 8.00. The average Bonchev–Trinajstić information content (AvgIpc) is 2.53. The Morgan fingerprint density at radius 1 is 1.17 bits per heavy atom. The Morgan fingerprint density at radius 2 is 1.83 bits per heavy atom. The smallest absolute Gasteiger partial charge is 0.233 e. The molecule has 1 fully saturated rings. The number of carbonyl (C=O) groups is 2. The second-order valence-corrected chi connectivity index (χ2v) is 8.26. The summed E-state index contributed by atoms with van der Waals surface area (Å²) in [5.41, 5.74) is 0.772. The van der Waals surface area contributed by atoms with Gasteiger partial charge in [-0.05, 0) is 49.4 Å². The summed E-state index contributed by atoms with van der Waals surface area (Å²) < 4.78 is 0. The Kier molecular flexibility index (Phi) is 6.72. The number of hydrogen-bond donors (Lipinski definition) is 2. The zero-order valence-corrected chi connectivity index (χ0v) is 15.8. The summed E-state index contributed by atoms with van der Waals surface area (Å²) in [4.78, 5) is 24.6. The van der Waals surface area contributed by atoms with Gasteiger partial charge >= 0.3 is 0 Å². The fourth-order valence-electron chi connectivity index (χ4n) is 3.16. The molecule has 1 aliphatic rings. The van der Waals surface area contributed by atoms with Gasteiger partial charge in [0.1, 0.15) is 0 Å². The van der Waals surface area contributed by atoms with E-state index in [0.29, 0.717) is 17.9 Å². The number of amides is 2. The van der Waals surface area contributed by atoms with Gasteiger partial charge < -0.3 is 10.6 Å². The van der Waals surface area contributed by atoms with Crippen molar-refractivity contribution < 1.29 is 9.59 Å². The van der Waals surface area contributed by atoms with Crippen molar-refractivity contribution in [2.75, 3.05) is 5.32 Å². The second kappa shape index (κ2) is 8.56. The van der Waals surface area contributed by atoms with Gasteiger partial charge in [0.2, 0.25) is 11.8 Å². The number of anilines is 1. The van der Waals surface area contributed by atoms with Gasteiger partial charge in [0.25, 0.3) is 0 Å². The van der Waals surface area contributed by atoms with Crippen molar-refractivity contribution >= 4 is 29.3 Å². The first-order valence-corrected chi connectivity index (χ1v) is 9.59. The molecule has 24 heavy (non-hydrogen) atoms. The lowest BCUT2D eigenvalue weighted by Gasteiger charge is -2.35. The molecule has 4 nitrogen and oxygen atoms in total. The third kappa shape index (κ3) is 5.26. The number of rotatable bonds is 5. The van der Waals surface area contributed by atoms with E-state index in [1.807, 2.05) is 31.2 Å². The van der Waals surface area contributed by atoms with Crippen LogP contribution in [0.5, 0.6) is 0 Å². The molecule has 2 N–H and O–H groups in total. The molecule has 1 aromatic carbocycles. The minimum Gasteiger partial charge on any atom is -0.352 e. The molecule has 0 bridgehead atoms. The van der Waals surface area contributed by atoms with Crippen LogP contribution in [0.3, 0.4) is 0 Å². The zero-order chi connectivity index (χ0) is 17.7. The Hall–Kier alpha value is -1.49. The lowest BCUT2D eigenvalue weighted by molar-refractivity contribution is -0.121. The SMILES string of the molecule is CC(=O)Nc1ccc(S[C@@H](C)C(=O)N[C@@H]2CCC[C@@H](C)[C@@H]2C)cc1. The largest absolute Gasteiger partial charge is 0.352 e. The normalized spacial score (nSPS) is 24.9. The minimum absolute atomic E-state index is 0.0843. The molecule has 2 amide bonds. The Bertz CT molecular complexity index is 573. The predicted molar refractivity (Wildman–Crippen MR) is 100 cm³/mol. The number of carbonyl (C=O) groups excluding carboxylic acids is 2. The monoisotopic (exact) mass is 348 g/mol. The maximum absolute atomic E-state index is 12.5. The summed E-state index contributed by atoms with van der Waals surface area (Å²) >= 11 is 1.55. The maximum Gasteiger partial charge on any atom is 0.233 e. The van der Waals surface area contributed by atoms with E-state index in [-0.39, 0.29) is 17.1 Å². The van der Waals surface area contributed by atoms with Crippen LogP contribution in [0.2, 0.25) is 0 Å². The molecule has 0 saturated heterocycles. The predicted octanol–water partition coefficient (Wildman–Crippen LogP) is 4.07. The molecule has 0 aliphatic heterocycles. The molecule has 0 radical (unpaired) electrons. The highest BCUT2D eigenvalue weighted by atomic mass is 32.2. The van der Waals surface area contributed by atoms with Crippen molar-refractivity contribution in [3.05, 3.63) is 24.3 Å². The summed E-state index contributed by atoms with van der Waals surface area (Å²) in [6, 6.07) is 7.89. The molecular weight excluding hydrogens is 320 g/mol. The van der Waals surface area contributed by atoms with Gasteiger partial charge in [-0.1, -0.05) is 26.7 Å². The van der Waals surface area contributed by atoms with Gasteiger partial charge in [-0.2, -0.15) is 0 Å². The summed E-state index contributed by atoms with van der Waals surface area (Å²) in [6.07, 6.45) is 3.54. The standard InChI is InChI=1S/C19H28N2O2S/c1-12-6-5-7-18(13(12)2)21-19(23)14(3)24-17-10-8-16(9-11-17)20-15(4)22/h8-14,18H,5-7H2,1-4H3,(H,20,22)(H,21,23)/t12-,13+,14+,18-/m1/s1. The van der Waals surface area contributed by atoms with E-state index in [1.54, 1.807) is 11.8 Å². The van der Waals surface area contributed by atoms with Gasteiger partial charge in [0, 0.05) is 23.5 Å². The first-order valence-electron chi connectivity index (χ1n) is 8.71. The molecule has 1 saturated carbocycles. The maximum atomic E-state index is 12.5. The van der Waals surface area contributed by atoms with Crippen LogP contribution >= 0.6 is 11.8 Å². The molecule has 132 valence electrons. The van der Waals surface area contributed by atoms with E-state index in [4.69, 9.17) is 0 Å². The third-order valence-corrected chi connectivity index (χ3v) is 6.00. The van der Waals surface area contributed by atoms with Gasteiger partial charge in [-0.15, -0.1) is 11.8 Å². The van der Waals surface area contributed by atoms with Gasteiger partial charge in [-0.3, -0.25) is 9.59 Å². The summed E-state index contributed by atoms with van der Waals surface area (Å²) in [7, 11) is 0. The first kappa shape index (κ1) is 18.8. The van der Waals surface area contributed by atoms with E-state index < -0.39 is 0 Å². The van der Waals surface area contributed by atoms with Crippen molar-refractivity contribution in [2.24, 2.45) is 11.8 Å². The van der Waals surface area contributed by atoms with Crippen molar-refractivity contribution in [3.63, 3.8) is 0 Å². The lowest BCUT2D eigenvalue weighted by atomic mass is 9.78. The Balaban J connectivity index is 1.88. The molecule has 4 atom stereocenters. The number of benzene rings is 1. The molecule has 1 aromatic rings. The molecular formula is C19H28N2O2S. The number of nitrogens with one attached hydrogen (secondary N) is 2. The topological polar surface area (TPSA) is 58.2 Å². The van der Waals surface area contributed by atoms with Crippen LogP contribution in [0.15, 0.2) is 29.2 Å². The Labute approximate surface area is 149 Å². The number of hydrogen-bond acceptors (Lipinski definition) is 3. The molecule has 0 spiro atoms. The molecule has 5 heteroatoms. The van der Waals surface area contributed by atoms with Gasteiger partial charge in [0.05, 0.1) is 5.25 Å². The van der Waals surface area contributed by atoms with Crippen LogP contribution < -0.4 is 10.6 Å². The Morgan fingerprint density at radius 3 is 2.46 bits per heavy atom. The van der Waals surface area contributed by atoms with Crippen LogP contribution in [-0.4, -0.2) is 23.1 Å². The fourth-order valence-corrected chi connectivity index (χ4v) is 4.04. The highest BCUT2D eigenvalue weighted by Gasteiger charge is 2.29. The zero-order valence-electron chi connectivity index (χ0n) is 15.0. The van der Waals surface area contributed by atoms with Crippen molar-refractivity contribution in [1.29, 1.82) is 0 Å². The van der Waals surface area contributed by atoms with E-state index in [0.717, 1.165) is 17.0 Å². The van der Waals surface area contributed by atoms with E-state index in [1.165, 1.54) is 19.8 Å². The molecule has 2 rings (SSSR count). The molecule has 1 aliphatic carbocycles. The van der Waals surface area contributed by atoms with Crippen LogP contribution in [-0.2, 0) is 9.59 Å². The fraction of sp³-hybridized carbons (Fsp3) is 0.579. The van der Waals surface area contributed by atoms with Crippen LogP contribution in [0.1, 0.15) is 47.0 Å². The van der Waals surface area contributed by atoms with Crippen molar-refractivity contribution in [1.82, 2.24) is 5.32 Å². The summed E-state index contributed by atoms with van der Waals surface area (Å²) in [5.74, 6) is 1.24. The minimum atomic E-state index is -0.138. The lowest BCUT2D eigenvalue weighted by Crippen LogP contribution is -2.46. The quantitative estimate of drug-likeness (QED) is 0.789. The van der Waals surface area contributed by atoms with Crippen molar-refractivity contribution in [2.45, 2.75) is 63.1 Å². The summed E-state index contributed by atoms with van der Waals surface area (Å²) in [5, 5.41) is 5.85. The average molecular weight is 349 g/mol. The van der Waals surface area contributed by atoms with E-state index >= 15 is 0 Å². The number of thioether (sulfide) groups is 1. The van der Waals surface area contributed by atoms with Crippen LogP contribution in [0.4, 0.5) is 5.69 Å². The first-order chi connectivity index (χ1) is 11.4. The van der Waals surface area contributed by atoms with E-state index in [2.05, 4.69) is 24.5 Å². The van der Waals surface area contributed by atoms with E-state index in [9.17, 15) is 9.59 Å². The highest BCUT2D eigenvalue weighted by Crippen LogP contribution is 2.30. The molecule has 0 heterocycles. The second-order valence-electron chi connectivity index (χ2n) is 6.85. The van der Waals surface area contributed by atoms with Gasteiger partial charge in [-0.25, -0.2) is 0 Å². The van der Waals surface area contributed by atoms with Crippen molar-refractivity contribution in [3.8, 4) is 0 Å². The van der Waals surface area contributed by atoms with Crippen LogP contribution in [0.25, 0.3) is 0 Å². The molecule has 0 aromatic heterocycles. The third-order valence-electron chi connectivity index (χ3n) is 4.89. The van der Waals surface area contributed by atoms with Crippen LogP contribution in [0, 0.1) is 11.8 Å². The molecule has 0 unspecified atom stereocenters.